The van der Waals surface area contributed by atoms with Crippen molar-refractivity contribution in [2.24, 2.45) is 5.92 Å². The zero-order valence-corrected chi connectivity index (χ0v) is 12.2. The summed E-state index contributed by atoms with van der Waals surface area (Å²) >= 11 is 0. The number of carbonyl (C=O) groups excluding carboxylic acids is 1. The topological polar surface area (TPSA) is 41.6 Å². The normalized spacial score (nSPS) is 26.2. The van der Waals surface area contributed by atoms with Crippen molar-refractivity contribution in [2.45, 2.75) is 51.0 Å². The molecule has 2 aliphatic heterocycles. The van der Waals surface area contributed by atoms with Gasteiger partial charge in [0.1, 0.15) is 0 Å². The predicted molar refractivity (Wildman–Crippen MR) is 76.1 cm³/mol. The van der Waals surface area contributed by atoms with Crippen LogP contribution >= 0.6 is 0 Å². The summed E-state index contributed by atoms with van der Waals surface area (Å²) in [6.45, 7) is 3.73. The number of nitrogens with one attached hydrogen (secondary N) is 1. The summed E-state index contributed by atoms with van der Waals surface area (Å²) in [6.07, 6.45) is 7.90. The lowest BCUT2D eigenvalue weighted by Crippen LogP contribution is -2.47. The van der Waals surface area contributed by atoms with Crippen LogP contribution in [0.1, 0.15) is 44.9 Å². The molecule has 2 fully saturated rings. The van der Waals surface area contributed by atoms with E-state index in [9.17, 15) is 4.79 Å². The number of carbonyl (C=O) groups is 1. The average molecular weight is 268 g/mol. The third-order valence-electron chi connectivity index (χ3n) is 4.57. The molecule has 1 N–H and O–H groups in total. The lowest BCUT2D eigenvalue weighted by Gasteiger charge is -2.38. The second-order valence-corrected chi connectivity index (χ2v) is 5.83. The van der Waals surface area contributed by atoms with E-state index in [0.29, 0.717) is 30.9 Å². The van der Waals surface area contributed by atoms with Gasteiger partial charge in [0.15, 0.2) is 0 Å². The number of nitrogens with zero attached hydrogens (tertiary/aromatic N) is 1. The maximum atomic E-state index is 12.4. The van der Waals surface area contributed by atoms with Crippen molar-refractivity contribution < 1.29 is 9.53 Å². The summed E-state index contributed by atoms with van der Waals surface area (Å²) in [5.74, 6) is 0.998. The van der Waals surface area contributed by atoms with Crippen LogP contribution in [0.25, 0.3) is 0 Å². The molecule has 1 atom stereocenters. The van der Waals surface area contributed by atoms with E-state index in [1.54, 1.807) is 7.11 Å². The van der Waals surface area contributed by atoms with E-state index < -0.39 is 0 Å². The van der Waals surface area contributed by atoms with Crippen molar-refractivity contribution in [3.8, 4) is 0 Å². The van der Waals surface area contributed by atoms with E-state index in [4.69, 9.17) is 4.74 Å². The van der Waals surface area contributed by atoms with Gasteiger partial charge in [0.05, 0.1) is 13.0 Å². The van der Waals surface area contributed by atoms with Crippen LogP contribution in [0.4, 0.5) is 0 Å². The third kappa shape index (κ3) is 4.18. The Morgan fingerprint density at radius 1 is 1.21 bits per heavy atom. The number of amides is 1. The Balaban J connectivity index is 1.99. The highest BCUT2D eigenvalue weighted by atomic mass is 16.5. The van der Waals surface area contributed by atoms with Crippen LogP contribution in [0.15, 0.2) is 0 Å². The van der Waals surface area contributed by atoms with Crippen molar-refractivity contribution >= 4 is 5.91 Å². The van der Waals surface area contributed by atoms with Gasteiger partial charge >= 0.3 is 0 Å². The molecule has 4 nitrogen and oxygen atoms in total. The molecule has 2 saturated heterocycles. The Bertz CT molecular complexity index is 277. The molecule has 0 bridgehead atoms. The van der Waals surface area contributed by atoms with Crippen LogP contribution in [0, 0.1) is 5.92 Å². The molecule has 4 heteroatoms. The molecule has 2 rings (SSSR count). The maximum Gasteiger partial charge on any atom is 0.225 e. The van der Waals surface area contributed by atoms with Gasteiger partial charge in [0, 0.05) is 19.7 Å². The Kier molecular flexibility index (Phi) is 6.11. The second kappa shape index (κ2) is 7.85. The Morgan fingerprint density at radius 2 is 2.00 bits per heavy atom. The minimum atomic E-state index is 0.298. The van der Waals surface area contributed by atoms with E-state index >= 15 is 0 Å². The van der Waals surface area contributed by atoms with Gasteiger partial charge in [0.2, 0.25) is 5.91 Å². The summed E-state index contributed by atoms with van der Waals surface area (Å²) in [5.41, 5.74) is 0. The number of ether oxygens (including phenoxy) is 1. The number of rotatable bonds is 4. The van der Waals surface area contributed by atoms with Gasteiger partial charge in [-0.3, -0.25) is 4.79 Å². The van der Waals surface area contributed by atoms with Crippen molar-refractivity contribution in [1.29, 1.82) is 0 Å². The van der Waals surface area contributed by atoms with Crippen LogP contribution in [-0.2, 0) is 9.53 Å². The quantitative estimate of drug-likeness (QED) is 0.845. The standard InChI is InChI=1S/C15H28N2O2/c1-19-12-8-15(18)17-11-4-2-3-5-14(17)13-6-9-16-10-7-13/h13-14,16H,2-12H2,1H3. The number of methoxy groups -OCH3 is 1. The van der Waals surface area contributed by atoms with Crippen molar-refractivity contribution in [3.05, 3.63) is 0 Å². The molecule has 1 unspecified atom stereocenters. The number of hydrogen-bond acceptors (Lipinski definition) is 3. The monoisotopic (exact) mass is 268 g/mol. The van der Waals surface area contributed by atoms with Gasteiger partial charge in [-0.2, -0.15) is 0 Å². The van der Waals surface area contributed by atoms with E-state index in [2.05, 4.69) is 10.2 Å². The van der Waals surface area contributed by atoms with Crippen molar-refractivity contribution in [2.75, 3.05) is 33.4 Å². The Morgan fingerprint density at radius 3 is 2.74 bits per heavy atom. The SMILES string of the molecule is COCCC(=O)N1CCCCCC1C1CCNCC1. The zero-order valence-electron chi connectivity index (χ0n) is 12.2. The third-order valence-corrected chi connectivity index (χ3v) is 4.57. The minimum Gasteiger partial charge on any atom is -0.384 e. The largest absolute Gasteiger partial charge is 0.384 e. The molecule has 0 aromatic heterocycles. The maximum absolute atomic E-state index is 12.4. The molecule has 1 amide bonds. The van der Waals surface area contributed by atoms with E-state index in [1.807, 2.05) is 0 Å². The smallest absolute Gasteiger partial charge is 0.225 e. The van der Waals surface area contributed by atoms with Crippen molar-refractivity contribution in [1.82, 2.24) is 10.2 Å². The summed E-state index contributed by atoms with van der Waals surface area (Å²) in [6, 6.07) is 0.481. The van der Waals surface area contributed by atoms with Gasteiger partial charge in [-0.05, 0) is 44.7 Å². The fourth-order valence-electron chi connectivity index (χ4n) is 3.50. The van der Waals surface area contributed by atoms with Gasteiger partial charge in [-0.1, -0.05) is 12.8 Å². The molecule has 0 spiro atoms. The van der Waals surface area contributed by atoms with Crippen LogP contribution < -0.4 is 5.32 Å². The van der Waals surface area contributed by atoms with Crippen LogP contribution in [0.2, 0.25) is 0 Å². The van der Waals surface area contributed by atoms with E-state index in [-0.39, 0.29) is 0 Å². The van der Waals surface area contributed by atoms with Crippen LogP contribution in [0.5, 0.6) is 0 Å². The summed E-state index contributed by atoms with van der Waals surface area (Å²) in [7, 11) is 1.67. The first-order valence-corrected chi connectivity index (χ1v) is 7.82. The van der Waals surface area contributed by atoms with Crippen LogP contribution in [-0.4, -0.2) is 50.2 Å². The van der Waals surface area contributed by atoms with Gasteiger partial charge in [-0.25, -0.2) is 0 Å². The molecule has 0 aromatic rings. The number of likely N-dealkylation sites (tertiary alicyclic amines) is 1. The fraction of sp³-hybridized carbons (Fsp3) is 0.933. The zero-order chi connectivity index (χ0) is 13.5. The lowest BCUT2D eigenvalue weighted by molar-refractivity contribution is -0.135. The molecule has 2 heterocycles. The average Bonchev–Trinajstić information content (AvgIpc) is 2.71. The van der Waals surface area contributed by atoms with E-state index in [1.165, 1.54) is 38.5 Å². The van der Waals surface area contributed by atoms with Gasteiger partial charge in [0.25, 0.3) is 0 Å². The minimum absolute atomic E-state index is 0.298. The molecular formula is C15H28N2O2. The molecule has 19 heavy (non-hydrogen) atoms. The summed E-state index contributed by atoms with van der Waals surface area (Å²) in [5, 5.41) is 3.42. The summed E-state index contributed by atoms with van der Waals surface area (Å²) in [4.78, 5) is 14.6. The molecule has 110 valence electrons. The van der Waals surface area contributed by atoms with Gasteiger partial charge in [-0.15, -0.1) is 0 Å². The highest BCUT2D eigenvalue weighted by Crippen LogP contribution is 2.28. The highest BCUT2D eigenvalue weighted by molar-refractivity contribution is 5.76. The van der Waals surface area contributed by atoms with Crippen LogP contribution in [0.3, 0.4) is 0 Å². The van der Waals surface area contributed by atoms with Gasteiger partial charge < -0.3 is 15.0 Å². The Hall–Kier alpha value is -0.610. The van der Waals surface area contributed by atoms with E-state index in [0.717, 1.165) is 19.6 Å². The lowest BCUT2D eigenvalue weighted by atomic mass is 9.86. The van der Waals surface area contributed by atoms with Crippen molar-refractivity contribution in [3.63, 3.8) is 0 Å². The molecule has 0 aromatic carbocycles. The first-order valence-electron chi connectivity index (χ1n) is 7.82. The first-order chi connectivity index (χ1) is 9.33. The summed E-state index contributed by atoms with van der Waals surface area (Å²) < 4.78 is 5.06. The predicted octanol–water partition coefficient (Wildman–Crippen LogP) is 1.79. The second-order valence-electron chi connectivity index (χ2n) is 5.83. The molecule has 0 radical (unpaired) electrons. The molecule has 0 saturated carbocycles. The molecular weight excluding hydrogens is 240 g/mol. The number of piperidine rings is 1. The highest BCUT2D eigenvalue weighted by Gasteiger charge is 2.32. The number of hydrogen-bond donors (Lipinski definition) is 1. The molecule has 2 aliphatic rings. The Labute approximate surface area is 116 Å². The fourth-order valence-corrected chi connectivity index (χ4v) is 3.50. The first kappa shape index (κ1) is 14.8. The molecule has 0 aliphatic carbocycles.